The minimum Gasteiger partial charge on any atom is -0.263 e. The first-order chi connectivity index (χ1) is 14.0. The zero-order valence-electron chi connectivity index (χ0n) is 15.6. The molecular formula is C18H18N2O8S2. The van der Waals surface area contributed by atoms with Crippen LogP contribution in [0.25, 0.3) is 0 Å². The summed E-state index contributed by atoms with van der Waals surface area (Å²) in [6.07, 6.45) is 1.55. The van der Waals surface area contributed by atoms with E-state index < -0.39 is 46.2 Å². The van der Waals surface area contributed by atoms with Crippen molar-refractivity contribution in [2.45, 2.75) is 27.5 Å². The number of nitro groups is 2. The van der Waals surface area contributed by atoms with Gasteiger partial charge in [0.25, 0.3) is 9.84 Å². The fourth-order valence-electron chi connectivity index (χ4n) is 2.74. The van der Waals surface area contributed by atoms with Crippen molar-refractivity contribution in [2.75, 3.05) is 0 Å². The molecule has 0 aromatic heterocycles. The van der Waals surface area contributed by atoms with Crippen LogP contribution in [0.15, 0.2) is 82.6 Å². The predicted octanol–water partition coefficient (Wildman–Crippen LogP) is 2.33. The summed E-state index contributed by atoms with van der Waals surface area (Å²) in [7, 11) is -8.86. The Morgan fingerprint density at radius 1 is 0.733 bits per heavy atom. The molecule has 0 saturated heterocycles. The van der Waals surface area contributed by atoms with Crippen LogP contribution >= 0.6 is 0 Å². The lowest BCUT2D eigenvalue weighted by Gasteiger charge is -2.15. The highest BCUT2D eigenvalue weighted by Crippen LogP contribution is 2.24. The maximum Gasteiger partial charge on any atom is 0.333 e. The number of benzene rings is 2. The lowest BCUT2D eigenvalue weighted by Crippen LogP contribution is -2.35. The smallest absolute Gasteiger partial charge is 0.263 e. The first-order valence-corrected chi connectivity index (χ1v) is 11.6. The van der Waals surface area contributed by atoms with Crippen LogP contribution in [0.3, 0.4) is 0 Å². The standard InChI is InChI=1S/C18H18N2O8S2/c1-14(18(20(23)24)30(27,28)16-10-6-3-7-11-16)12-13-17(19(21)22)29(25,26)15-8-4-2-5-9-15/h2-14,17-18H,1H3/b13-12+. The van der Waals surface area contributed by atoms with Gasteiger partial charge in [0.05, 0.1) is 15.7 Å². The zero-order chi connectivity index (χ0) is 22.5. The molecule has 0 aliphatic heterocycles. The van der Waals surface area contributed by atoms with Crippen molar-refractivity contribution in [3.8, 4) is 0 Å². The third kappa shape index (κ3) is 4.89. The molecule has 10 nitrogen and oxygen atoms in total. The van der Waals surface area contributed by atoms with Gasteiger partial charge in [-0.1, -0.05) is 49.4 Å². The van der Waals surface area contributed by atoms with Gasteiger partial charge in [0.1, 0.15) is 0 Å². The summed E-state index contributed by atoms with van der Waals surface area (Å²) in [5.41, 5.74) is 0. The van der Waals surface area contributed by atoms with Crippen LogP contribution in [-0.4, -0.2) is 37.4 Å². The molecule has 0 radical (unpaired) electrons. The highest BCUT2D eigenvalue weighted by molar-refractivity contribution is 7.92. The summed E-state index contributed by atoms with van der Waals surface area (Å²) in [4.78, 5) is 20.2. The van der Waals surface area contributed by atoms with Gasteiger partial charge in [-0.3, -0.25) is 20.2 Å². The van der Waals surface area contributed by atoms with Crippen molar-refractivity contribution in [1.82, 2.24) is 0 Å². The molecule has 0 saturated carbocycles. The molecule has 3 atom stereocenters. The average Bonchev–Trinajstić information content (AvgIpc) is 2.68. The second kappa shape index (κ2) is 9.13. The third-order valence-electron chi connectivity index (χ3n) is 4.22. The van der Waals surface area contributed by atoms with E-state index in [1.165, 1.54) is 61.5 Å². The molecule has 160 valence electrons. The van der Waals surface area contributed by atoms with E-state index in [4.69, 9.17) is 0 Å². The molecule has 0 N–H and O–H groups in total. The van der Waals surface area contributed by atoms with Crippen LogP contribution in [0.1, 0.15) is 6.92 Å². The van der Waals surface area contributed by atoms with Gasteiger partial charge in [0, 0.05) is 15.9 Å². The molecule has 30 heavy (non-hydrogen) atoms. The maximum absolute atomic E-state index is 12.7. The van der Waals surface area contributed by atoms with E-state index in [1.807, 2.05) is 0 Å². The molecule has 0 bridgehead atoms. The van der Waals surface area contributed by atoms with Crippen LogP contribution < -0.4 is 0 Å². The Morgan fingerprint density at radius 3 is 1.57 bits per heavy atom. The SMILES string of the molecule is CC(/C=C/C([N+](=O)[O-])S(=O)(=O)c1ccccc1)C([N+](=O)[O-])S(=O)(=O)c1ccccc1. The van der Waals surface area contributed by atoms with E-state index in [1.54, 1.807) is 6.07 Å². The molecule has 2 rings (SSSR count). The van der Waals surface area contributed by atoms with E-state index in [2.05, 4.69) is 0 Å². The van der Waals surface area contributed by atoms with Crippen molar-refractivity contribution in [1.29, 1.82) is 0 Å². The molecule has 12 heteroatoms. The number of rotatable bonds is 9. The monoisotopic (exact) mass is 454 g/mol. The Kier molecular flexibility index (Phi) is 7.05. The van der Waals surface area contributed by atoms with E-state index in [0.29, 0.717) is 6.08 Å². The Labute approximate surface area is 173 Å². The predicted molar refractivity (Wildman–Crippen MR) is 107 cm³/mol. The van der Waals surface area contributed by atoms with Crippen LogP contribution in [0.4, 0.5) is 0 Å². The molecule has 0 heterocycles. The van der Waals surface area contributed by atoms with Gasteiger partial charge in [0.2, 0.25) is 9.84 Å². The maximum atomic E-state index is 12.7. The van der Waals surface area contributed by atoms with Gasteiger partial charge in [0.15, 0.2) is 0 Å². The van der Waals surface area contributed by atoms with Crippen LogP contribution in [0.2, 0.25) is 0 Å². The summed E-state index contributed by atoms with van der Waals surface area (Å²) < 4.78 is 50.5. The van der Waals surface area contributed by atoms with E-state index in [-0.39, 0.29) is 9.79 Å². The number of hydrogen-bond acceptors (Lipinski definition) is 8. The Balaban J connectivity index is 2.41. The van der Waals surface area contributed by atoms with E-state index in [0.717, 1.165) is 6.08 Å². The largest absolute Gasteiger partial charge is 0.333 e. The minimum absolute atomic E-state index is 0.283. The summed E-state index contributed by atoms with van der Waals surface area (Å²) in [6, 6.07) is 13.4. The third-order valence-corrected chi connectivity index (χ3v) is 8.28. The average molecular weight is 454 g/mol. The molecular weight excluding hydrogens is 436 g/mol. The molecule has 0 aliphatic rings. The second-order valence-corrected chi connectivity index (χ2v) is 10.4. The quantitative estimate of drug-likeness (QED) is 0.318. The van der Waals surface area contributed by atoms with Crippen LogP contribution in [0.5, 0.6) is 0 Å². The summed E-state index contributed by atoms with van der Waals surface area (Å²) in [6.45, 7) is 1.18. The molecule has 0 aliphatic carbocycles. The fourth-order valence-corrected chi connectivity index (χ4v) is 5.78. The van der Waals surface area contributed by atoms with Crippen molar-refractivity contribution < 1.29 is 26.7 Å². The van der Waals surface area contributed by atoms with Crippen molar-refractivity contribution >= 4 is 19.7 Å². The van der Waals surface area contributed by atoms with Gasteiger partial charge in [-0.25, -0.2) is 16.8 Å². The summed E-state index contributed by atoms with van der Waals surface area (Å²) >= 11 is 0. The molecule has 0 spiro atoms. The van der Waals surface area contributed by atoms with E-state index in [9.17, 15) is 37.1 Å². The van der Waals surface area contributed by atoms with Gasteiger partial charge in [-0.2, -0.15) is 0 Å². The Hall–Kier alpha value is -3.12. The van der Waals surface area contributed by atoms with Gasteiger partial charge < -0.3 is 0 Å². The van der Waals surface area contributed by atoms with Crippen molar-refractivity contribution in [3.63, 3.8) is 0 Å². The lowest BCUT2D eigenvalue weighted by molar-refractivity contribution is -0.503. The first kappa shape index (κ1) is 23.2. The zero-order valence-corrected chi connectivity index (χ0v) is 17.3. The highest BCUT2D eigenvalue weighted by Gasteiger charge is 2.42. The minimum atomic E-state index is -4.43. The number of sulfone groups is 2. The van der Waals surface area contributed by atoms with Crippen molar-refractivity contribution in [3.05, 3.63) is 93.0 Å². The topological polar surface area (TPSA) is 155 Å². The summed E-state index contributed by atoms with van der Waals surface area (Å²) in [5, 5.41) is 18.5. The molecule has 3 unspecified atom stereocenters. The Morgan fingerprint density at radius 2 is 1.17 bits per heavy atom. The van der Waals surface area contributed by atoms with Crippen LogP contribution in [0, 0.1) is 26.1 Å². The van der Waals surface area contributed by atoms with Crippen molar-refractivity contribution in [2.24, 2.45) is 5.92 Å². The molecule has 2 aromatic carbocycles. The number of nitrogens with zero attached hydrogens (tertiary/aromatic N) is 2. The van der Waals surface area contributed by atoms with Gasteiger partial charge in [-0.15, -0.1) is 0 Å². The lowest BCUT2D eigenvalue weighted by atomic mass is 10.1. The van der Waals surface area contributed by atoms with E-state index >= 15 is 0 Å². The highest BCUT2D eigenvalue weighted by atomic mass is 32.2. The van der Waals surface area contributed by atoms with Crippen LogP contribution in [-0.2, 0) is 19.7 Å². The van der Waals surface area contributed by atoms with Gasteiger partial charge >= 0.3 is 10.7 Å². The number of hydrogen-bond donors (Lipinski definition) is 0. The summed E-state index contributed by atoms with van der Waals surface area (Å²) in [5.74, 6) is -1.35. The molecule has 2 aromatic rings. The van der Waals surface area contributed by atoms with Gasteiger partial charge in [-0.05, 0) is 24.3 Å². The first-order valence-electron chi connectivity index (χ1n) is 8.53. The molecule has 0 amide bonds. The normalized spacial score (nSPS) is 15.4. The fraction of sp³-hybridized carbons (Fsp3) is 0.222. The molecule has 0 fully saturated rings. The Bertz CT molecular complexity index is 1150. The second-order valence-electron chi connectivity index (χ2n) is 6.31.